The summed E-state index contributed by atoms with van der Waals surface area (Å²) in [6.07, 6.45) is 3.55. The molecule has 1 amide bonds. The van der Waals surface area contributed by atoms with E-state index in [0.29, 0.717) is 0 Å². The number of anilines is 2. The molecule has 0 N–H and O–H groups in total. The molecule has 1 aliphatic heterocycles. The Labute approximate surface area is 155 Å². The zero-order valence-corrected chi connectivity index (χ0v) is 16.0. The third-order valence-electron chi connectivity index (χ3n) is 4.52. The molecule has 5 heteroatoms. The number of likely N-dealkylation sites (tertiary alicyclic amines) is 1. The van der Waals surface area contributed by atoms with Gasteiger partial charge in [0.2, 0.25) is 0 Å². The molecule has 0 spiro atoms. The minimum absolute atomic E-state index is 0.0356. The van der Waals surface area contributed by atoms with Crippen LogP contribution >= 0.6 is 0 Å². The Hall–Kier alpha value is -2.56. The Morgan fingerprint density at radius 1 is 1.19 bits per heavy atom. The lowest BCUT2D eigenvalue weighted by molar-refractivity contribution is 0.0224. The van der Waals surface area contributed by atoms with Gasteiger partial charge in [0.1, 0.15) is 11.4 Å². The van der Waals surface area contributed by atoms with E-state index in [1.165, 1.54) is 0 Å². The van der Waals surface area contributed by atoms with Crippen LogP contribution in [0.5, 0.6) is 0 Å². The van der Waals surface area contributed by atoms with Crippen molar-refractivity contribution in [1.29, 1.82) is 0 Å². The monoisotopic (exact) mass is 353 g/mol. The highest BCUT2D eigenvalue weighted by Gasteiger charge is 2.33. The topological polar surface area (TPSA) is 45.7 Å². The Balaban J connectivity index is 1.74. The van der Waals surface area contributed by atoms with Crippen molar-refractivity contribution >= 4 is 17.6 Å². The smallest absolute Gasteiger partial charge is 0.410 e. The number of benzene rings is 1. The van der Waals surface area contributed by atoms with Gasteiger partial charge in [-0.1, -0.05) is 24.3 Å². The Morgan fingerprint density at radius 3 is 2.54 bits per heavy atom. The van der Waals surface area contributed by atoms with Crippen LogP contribution in [0.15, 0.2) is 48.7 Å². The maximum absolute atomic E-state index is 12.5. The van der Waals surface area contributed by atoms with E-state index < -0.39 is 5.60 Å². The molecule has 1 saturated heterocycles. The number of hydrogen-bond acceptors (Lipinski definition) is 4. The van der Waals surface area contributed by atoms with Crippen LogP contribution in [0.4, 0.5) is 16.3 Å². The predicted octanol–water partition coefficient (Wildman–Crippen LogP) is 4.92. The van der Waals surface area contributed by atoms with Crippen LogP contribution in [0.2, 0.25) is 0 Å². The van der Waals surface area contributed by atoms with Crippen LogP contribution in [0, 0.1) is 0 Å². The molecule has 1 aromatic heterocycles. The fourth-order valence-electron chi connectivity index (χ4n) is 3.23. The molecule has 5 nitrogen and oxygen atoms in total. The van der Waals surface area contributed by atoms with Crippen LogP contribution in [0.3, 0.4) is 0 Å². The lowest BCUT2D eigenvalue weighted by Crippen LogP contribution is -2.36. The van der Waals surface area contributed by atoms with Crippen molar-refractivity contribution in [2.24, 2.45) is 0 Å². The van der Waals surface area contributed by atoms with Crippen LogP contribution in [0.25, 0.3) is 0 Å². The molecule has 0 unspecified atom stereocenters. The number of carbonyl (C=O) groups is 1. The van der Waals surface area contributed by atoms with Gasteiger partial charge in [0.15, 0.2) is 0 Å². The van der Waals surface area contributed by atoms with Crippen molar-refractivity contribution in [2.45, 2.75) is 45.3 Å². The zero-order valence-electron chi connectivity index (χ0n) is 16.0. The van der Waals surface area contributed by atoms with Gasteiger partial charge in [-0.05, 0) is 57.4 Å². The van der Waals surface area contributed by atoms with E-state index in [9.17, 15) is 4.79 Å². The molecule has 1 fully saturated rings. The third-order valence-corrected chi connectivity index (χ3v) is 4.52. The predicted molar refractivity (Wildman–Crippen MR) is 104 cm³/mol. The molecule has 1 aliphatic rings. The number of amides is 1. The first-order chi connectivity index (χ1) is 12.3. The van der Waals surface area contributed by atoms with Crippen LogP contribution in [-0.4, -0.2) is 35.2 Å². The summed E-state index contributed by atoms with van der Waals surface area (Å²) in [6, 6.07) is 14.2. The maximum atomic E-state index is 12.5. The van der Waals surface area contributed by atoms with Crippen LogP contribution in [-0.2, 0) is 4.74 Å². The van der Waals surface area contributed by atoms with Gasteiger partial charge in [-0.15, -0.1) is 0 Å². The second-order valence-electron chi connectivity index (χ2n) is 7.68. The molecule has 3 rings (SSSR count). The van der Waals surface area contributed by atoms with Crippen molar-refractivity contribution in [3.63, 3.8) is 0 Å². The first kappa shape index (κ1) is 18.2. The van der Waals surface area contributed by atoms with Crippen molar-refractivity contribution in [3.8, 4) is 0 Å². The molecule has 0 bridgehead atoms. The molecule has 1 aromatic carbocycles. The minimum atomic E-state index is -0.481. The number of aromatic nitrogens is 1. The normalized spacial score (nSPS) is 17.2. The van der Waals surface area contributed by atoms with Gasteiger partial charge in [-0.25, -0.2) is 9.78 Å². The second kappa shape index (κ2) is 7.36. The van der Waals surface area contributed by atoms with E-state index >= 15 is 0 Å². The average Bonchev–Trinajstić information content (AvgIpc) is 3.10. The van der Waals surface area contributed by atoms with E-state index in [1.807, 2.05) is 68.1 Å². The van der Waals surface area contributed by atoms with Crippen molar-refractivity contribution in [2.75, 3.05) is 18.5 Å². The number of pyridine rings is 1. The summed E-state index contributed by atoms with van der Waals surface area (Å²) in [5, 5.41) is 0. The lowest BCUT2D eigenvalue weighted by atomic mass is 10.1. The summed E-state index contributed by atoms with van der Waals surface area (Å²) in [5.74, 6) is 0.877. The quantitative estimate of drug-likeness (QED) is 0.785. The van der Waals surface area contributed by atoms with Gasteiger partial charge in [-0.2, -0.15) is 0 Å². The number of rotatable bonds is 3. The molecule has 0 saturated carbocycles. The highest BCUT2D eigenvalue weighted by atomic mass is 16.6. The van der Waals surface area contributed by atoms with Crippen molar-refractivity contribution in [1.82, 2.24) is 9.88 Å². The first-order valence-electron chi connectivity index (χ1n) is 9.09. The summed E-state index contributed by atoms with van der Waals surface area (Å²) in [5.41, 5.74) is 1.66. The van der Waals surface area contributed by atoms with Gasteiger partial charge < -0.3 is 14.5 Å². The zero-order chi connectivity index (χ0) is 18.7. The third kappa shape index (κ3) is 4.15. The summed E-state index contributed by atoms with van der Waals surface area (Å²) in [6.45, 7) is 6.41. The van der Waals surface area contributed by atoms with Gasteiger partial charge >= 0.3 is 6.09 Å². The maximum Gasteiger partial charge on any atom is 0.410 e. The molecule has 2 aromatic rings. The summed E-state index contributed by atoms with van der Waals surface area (Å²) in [4.78, 5) is 21.0. The van der Waals surface area contributed by atoms with Crippen molar-refractivity contribution < 1.29 is 9.53 Å². The van der Waals surface area contributed by atoms with E-state index in [4.69, 9.17) is 4.74 Å². The molecule has 2 heterocycles. The highest BCUT2D eigenvalue weighted by Crippen LogP contribution is 2.33. The fraction of sp³-hybridized carbons (Fsp3) is 0.429. The molecule has 138 valence electrons. The molecule has 1 atom stereocenters. The Bertz CT molecular complexity index is 738. The molecule has 26 heavy (non-hydrogen) atoms. The lowest BCUT2D eigenvalue weighted by Gasteiger charge is -2.29. The largest absolute Gasteiger partial charge is 0.444 e. The number of nitrogens with zero attached hydrogens (tertiary/aromatic N) is 3. The molecule has 0 aliphatic carbocycles. The molecular weight excluding hydrogens is 326 g/mol. The SMILES string of the molecule is CN(c1ccccc1)c1ccc([C@@H]2CCCN2C(=O)OC(C)(C)C)cn1. The van der Waals surface area contributed by atoms with Gasteiger partial charge in [-0.3, -0.25) is 0 Å². The van der Waals surface area contributed by atoms with Crippen LogP contribution in [0.1, 0.15) is 45.2 Å². The molecule has 0 radical (unpaired) electrons. The van der Waals surface area contributed by atoms with Gasteiger partial charge in [0, 0.05) is 25.5 Å². The number of para-hydroxylation sites is 1. The van der Waals surface area contributed by atoms with Gasteiger partial charge in [0.25, 0.3) is 0 Å². The van der Waals surface area contributed by atoms with Crippen molar-refractivity contribution in [3.05, 3.63) is 54.2 Å². The number of hydrogen-bond donors (Lipinski definition) is 0. The Kier molecular flexibility index (Phi) is 5.16. The average molecular weight is 353 g/mol. The van der Waals surface area contributed by atoms with E-state index in [-0.39, 0.29) is 12.1 Å². The number of ether oxygens (including phenoxy) is 1. The number of carbonyl (C=O) groups excluding carboxylic acids is 1. The minimum Gasteiger partial charge on any atom is -0.444 e. The summed E-state index contributed by atoms with van der Waals surface area (Å²) in [7, 11) is 2.00. The second-order valence-corrected chi connectivity index (χ2v) is 7.68. The van der Waals surface area contributed by atoms with E-state index in [1.54, 1.807) is 0 Å². The van der Waals surface area contributed by atoms with E-state index in [2.05, 4.69) is 23.2 Å². The standard InChI is InChI=1S/C21H27N3O2/c1-21(2,3)26-20(25)24-14-8-11-18(24)16-12-13-19(22-15-16)23(4)17-9-6-5-7-10-17/h5-7,9-10,12-13,15,18H,8,11,14H2,1-4H3/t18-/m0/s1. The summed E-state index contributed by atoms with van der Waals surface area (Å²) >= 11 is 0. The molecular formula is C21H27N3O2. The first-order valence-corrected chi connectivity index (χ1v) is 9.09. The highest BCUT2D eigenvalue weighted by molar-refractivity contribution is 5.69. The Morgan fingerprint density at radius 2 is 1.92 bits per heavy atom. The fourth-order valence-corrected chi connectivity index (χ4v) is 3.23. The van der Waals surface area contributed by atoms with Gasteiger partial charge in [0.05, 0.1) is 6.04 Å². The summed E-state index contributed by atoms with van der Waals surface area (Å²) < 4.78 is 5.55. The van der Waals surface area contributed by atoms with Crippen LogP contribution < -0.4 is 4.90 Å². The van der Waals surface area contributed by atoms with E-state index in [0.717, 1.165) is 36.5 Å².